The van der Waals surface area contributed by atoms with Gasteiger partial charge in [0.15, 0.2) is 0 Å². The summed E-state index contributed by atoms with van der Waals surface area (Å²) in [6, 6.07) is 10.7. The molecule has 1 N–H and O–H groups in total. The largest absolute Gasteiger partial charge is 0.351 e. The molecule has 0 saturated heterocycles. The summed E-state index contributed by atoms with van der Waals surface area (Å²) >= 11 is 2.73. The van der Waals surface area contributed by atoms with Gasteiger partial charge in [-0.15, -0.1) is 22.7 Å². The number of nitrogens with one attached hydrogen (secondary N) is 1. The van der Waals surface area contributed by atoms with Gasteiger partial charge in [-0.05, 0) is 44.5 Å². The Morgan fingerprint density at radius 2 is 1.89 bits per heavy atom. The summed E-state index contributed by atoms with van der Waals surface area (Å²) in [5.74, 6) is 0.112. The highest BCUT2D eigenvalue weighted by Gasteiger charge is 2.30. The average molecular weight is 553 g/mol. The minimum absolute atomic E-state index is 0.112. The molecule has 0 fully saturated rings. The quantitative estimate of drug-likeness (QED) is 0.312. The molecule has 4 aromatic rings. The summed E-state index contributed by atoms with van der Waals surface area (Å²) in [6.07, 6.45) is 3.03. The van der Waals surface area contributed by atoms with E-state index >= 15 is 0 Å². The number of fused-ring (bicyclic) bond motifs is 1. The van der Waals surface area contributed by atoms with E-state index in [2.05, 4.69) is 9.97 Å². The number of sulfone groups is 1. The maximum atomic E-state index is 13.4. The van der Waals surface area contributed by atoms with Crippen molar-refractivity contribution in [3.05, 3.63) is 52.9 Å². The van der Waals surface area contributed by atoms with Crippen molar-refractivity contribution in [3.8, 4) is 10.7 Å². The number of aromatic nitrogens is 2. The number of para-hydroxylation sites is 1. The molecule has 3 heterocycles. The molecule has 35 heavy (non-hydrogen) atoms. The van der Waals surface area contributed by atoms with Crippen molar-refractivity contribution >= 4 is 59.1 Å². The predicted octanol–water partition coefficient (Wildman–Crippen LogP) is 4.43. The van der Waals surface area contributed by atoms with Crippen molar-refractivity contribution in [3.63, 3.8) is 0 Å². The smallest absolute Gasteiger partial charge is 0.274 e. The zero-order chi connectivity index (χ0) is 25.4. The third-order valence-corrected chi connectivity index (χ3v) is 10.7. The van der Waals surface area contributed by atoms with Crippen LogP contribution >= 0.6 is 22.7 Å². The molecule has 0 aliphatic heterocycles. The molecule has 12 heteroatoms. The SMILES string of the molecule is CC(C)N(c1cccc2cc(-c3ncc(CN(C)CCS(C)(=O)=O)s3)[nH]c12)S(=O)(=O)c1cccs1. The Balaban J connectivity index is 1.65. The van der Waals surface area contributed by atoms with Crippen molar-refractivity contribution in [1.82, 2.24) is 14.9 Å². The number of sulfonamides is 1. The average Bonchev–Trinajstić information content (AvgIpc) is 3.51. The lowest BCUT2D eigenvalue weighted by Gasteiger charge is -2.28. The number of hydrogen-bond donors (Lipinski definition) is 1. The van der Waals surface area contributed by atoms with Crippen molar-refractivity contribution < 1.29 is 16.8 Å². The van der Waals surface area contributed by atoms with E-state index in [0.29, 0.717) is 23.0 Å². The number of nitrogens with zero attached hydrogens (tertiary/aromatic N) is 3. The van der Waals surface area contributed by atoms with Crippen molar-refractivity contribution in [1.29, 1.82) is 0 Å². The van der Waals surface area contributed by atoms with E-state index in [0.717, 1.165) is 26.5 Å². The molecule has 1 aromatic carbocycles. The summed E-state index contributed by atoms with van der Waals surface area (Å²) in [7, 11) is -4.84. The standard InChI is InChI=1S/C23H28N4O4S4/c1-16(2)27(35(30,31)21-9-6-11-32-21)20-8-5-7-17-13-19(25-22(17)20)23-24-14-18(33-23)15-26(3)10-12-34(4,28)29/h5-9,11,13-14,16,25H,10,12,15H2,1-4H3. The topological polar surface area (TPSA) is 103 Å². The van der Waals surface area contributed by atoms with Crippen LogP contribution < -0.4 is 4.31 Å². The first-order chi connectivity index (χ1) is 16.5. The number of anilines is 1. The molecule has 0 spiro atoms. The molecule has 4 rings (SSSR count). The third-order valence-electron chi connectivity index (χ3n) is 5.40. The van der Waals surface area contributed by atoms with Crippen LogP contribution in [0.3, 0.4) is 0 Å². The summed E-state index contributed by atoms with van der Waals surface area (Å²) in [4.78, 5) is 10.9. The Labute approximate surface area is 214 Å². The molecular weight excluding hydrogens is 525 g/mol. The van der Waals surface area contributed by atoms with Crippen LogP contribution in [0.4, 0.5) is 5.69 Å². The highest BCUT2D eigenvalue weighted by molar-refractivity contribution is 7.94. The lowest BCUT2D eigenvalue weighted by Crippen LogP contribution is -2.36. The minimum atomic E-state index is -3.71. The van der Waals surface area contributed by atoms with Gasteiger partial charge in [0.05, 0.1) is 22.7 Å². The van der Waals surface area contributed by atoms with Crippen LogP contribution in [0, 0.1) is 0 Å². The van der Waals surface area contributed by atoms with Gasteiger partial charge in [0.25, 0.3) is 10.0 Å². The molecule has 0 unspecified atom stereocenters. The Morgan fingerprint density at radius 1 is 1.11 bits per heavy atom. The Bertz CT molecular complexity index is 1520. The molecule has 0 saturated carbocycles. The number of benzene rings is 1. The van der Waals surface area contributed by atoms with Crippen molar-refractivity contribution in [2.24, 2.45) is 0 Å². The second kappa shape index (κ2) is 10.0. The number of thiazole rings is 1. The minimum Gasteiger partial charge on any atom is -0.351 e. The maximum Gasteiger partial charge on any atom is 0.274 e. The summed E-state index contributed by atoms with van der Waals surface area (Å²) in [5.41, 5.74) is 2.13. The van der Waals surface area contributed by atoms with Gasteiger partial charge < -0.3 is 9.88 Å². The number of hydrogen-bond acceptors (Lipinski definition) is 8. The first-order valence-electron chi connectivity index (χ1n) is 11.0. The molecule has 188 valence electrons. The number of aromatic amines is 1. The number of thiophene rings is 1. The van der Waals surface area contributed by atoms with Crippen LogP contribution in [-0.4, -0.2) is 63.3 Å². The van der Waals surface area contributed by atoms with Crippen molar-refractivity contribution in [2.75, 3.05) is 29.9 Å². The van der Waals surface area contributed by atoms with E-state index < -0.39 is 19.9 Å². The molecular formula is C23H28N4O4S4. The van der Waals surface area contributed by atoms with E-state index in [1.807, 2.05) is 50.1 Å². The monoisotopic (exact) mass is 552 g/mol. The fourth-order valence-electron chi connectivity index (χ4n) is 3.80. The Kier molecular flexibility index (Phi) is 7.39. The normalized spacial score (nSPS) is 12.7. The van der Waals surface area contributed by atoms with Gasteiger partial charge in [-0.2, -0.15) is 0 Å². The van der Waals surface area contributed by atoms with Gasteiger partial charge in [0.2, 0.25) is 0 Å². The highest BCUT2D eigenvalue weighted by Crippen LogP contribution is 2.36. The van der Waals surface area contributed by atoms with E-state index in [1.165, 1.54) is 33.2 Å². The highest BCUT2D eigenvalue weighted by atomic mass is 32.2. The fourth-order valence-corrected chi connectivity index (χ4v) is 8.16. The van der Waals surface area contributed by atoms with E-state index in [9.17, 15) is 16.8 Å². The van der Waals surface area contributed by atoms with Crippen molar-refractivity contribution in [2.45, 2.75) is 30.6 Å². The molecule has 3 aromatic heterocycles. The molecule has 0 aliphatic rings. The van der Waals surface area contributed by atoms with Gasteiger partial charge in [0, 0.05) is 41.8 Å². The molecule has 0 amide bonds. The van der Waals surface area contributed by atoms with Gasteiger partial charge >= 0.3 is 0 Å². The van der Waals surface area contributed by atoms with Crippen LogP contribution in [0.1, 0.15) is 18.7 Å². The van der Waals surface area contributed by atoms with Crippen LogP contribution in [0.15, 0.2) is 52.2 Å². The summed E-state index contributed by atoms with van der Waals surface area (Å²) in [6.45, 7) is 4.77. The molecule has 0 aliphatic carbocycles. The van der Waals surface area contributed by atoms with E-state index in [1.54, 1.807) is 23.7 Å². The van der Waals surface area contributed by atoms with Gasteiger partial charge in [-0.3, -0.25) is 4.31 Å². The second-order valence-corrected chi connectivity index (χ2v) is 15.1. The number of rotatable bonds is 10. The lowest BCUT2D eigenvalue weighted by atomic mass is 10.2. The van der Waals surface area contributed by atoms with E-state index in [-0.39, 0.29) is 11.8 Å². The van der Waals surface area contributed by atoms with E-state index in [4.69, 9.17) is 0 Å². The van der Waals surface area contributed by atoms with Gasteiger partial charge in [-0.1, -0.05) is 18.2 Å². The Hall–Kier alpha value is -2.25. The summed E-state index contributed by atoms with van der Waals surface area (Å²) < 4.78 is 51.5. The lowest BCUT2D eigenvalue weighted by molar-refractivity contribution is 0.349. The summed E-state index contributed by atoms with van der Waals surface area (Å²) in [5, 5.41) is 3.44. The van der Waals surface area contributed by atoms with Crippen LogP contribution in [0.25, 0.3) is 21.6 Å². The van der Waals surface area contributed by atoms with Crippen LogP contribution in [0.5, 0.6) is 0 Å². The van der Waals surface area contributed by atoms with Gasteiger partial charge in [0.1, 0.15) is 19.1 Å². The second-order valence-electron chi connectivity index (χ2n) is 8.75. The first-order valence-corrected chi connectivity index (χ1v) is 16.2. The molecule has 8 nitrogen and oxygen atoms in total. The fraction of sp³-hybridized carbons (Fsp3) is 0.348. The molecule has 0 bridgehead atoms. The third kappa shape index (κ3) is 5.78. The molecule has 0 atom stereocenters. The predicted molar refractivity (Wildman–Crippen MR) is 145 cm³/mol. The zero-order valence-electron chi connectivity index (χ0n) is 19.9. The maximum absolute atomic E-state index is 13.4. The zero-order valence-corrected chi connectivity index (χ0v) is 23.2. The Morgan fingerprint density at radius 3 is 2.54 bits per heavy atom. The first kappa shape index (κ1) is 25.8. The number of H-pyrrole nitrogens is 1. The van der Waals surface area contributed by atoms with Gasteiger partial charge in [-0.25, -0.2) is 21.8 Å². The molecule has 0 radical (unpaired) electrons. The van der Waals surface area contributed by atoms with Crippen LogP contribution in [-0.2, 0) is 26.4 Å². The van der Waals surface area contributed by atoms with Crippen LogP contribution in [0.2, 0.25) is 0 Å².